The molecule has 0 aromatic heterocycles. The summed E-state index contributed by atoms with van der Waals surface area (Å²) in [4.78, 5) is 11.4. The summed E-state index contributed by atoms with van der Waals surface area (Å²) in [7, 11) is -0.880. The van der Waals surface area contributed by atoms with Crippen LogP contribution in [0.5, 0.6) is 0 Å². The van der Waals surface area contributed by atoms with E-state index in [-0.39, 0.29) is 23.9 Å². The standard InChI is InChI=1S/C11H17N3O3S/c1-13-11(15)8-14(2)18(16,17)10-6-4-3-5-9(10)7-12/h3-6H,7-8,12H2,1-2H3,(H,13,15). The highest BCUT2D eigenvalue weighted by molar-refractivity contribution is 7.89. The second kappa shape index (κ2) is 5.94. The molecule has 0 heterocycles. The maximum atomic E-state index is 12.3. The predicted octanol–water partition coefficient (Wildman–Crippen LogP) is -0.488. The normalized spacial score (nSPS) is 11.6. The fourth-order valence-electron chi connectivity index (χ4n) is 1.46. The van der Waals surface area contributed by atoms with E-state index in [4.69, 9.17) is 5.73 Å². The van der Waals surface area contributed by atoms with Crippen LogP contribution in [0, 0.1) is 0 Å². The van der Waals surface area contributed by atoms with E-state index in [2.05, 4.69) is 5.32 Å². The first-order chi connectivity index (χ1) is 8.43. The number of nitrogens with one attached hydrogen (secondary N) is 1. The maximum absolute atomic E-state index is 12.3. The molecule has 3 N–H and O–H groups in total. The zero-order chi connectivity index (χ0) is 13.8. The number of hydrogen-bond donors (Lipinski definition) is 2. The van der Waals surface area contributed by atoms with Gasteiger partial charge in [-0.3, -0.25) is 4.79 Å². The summed E-state index contributed by atoms with van der Waals surface area (Å²) in [5, 5.41) is 2.38. The van der Waals surface area contributed by atoms with Crippen molar-refractivity contribution in [3.8, 4) is 0 Å². The number of rotatable bonds is 5. The third kappa shape index (κ3) is 3.06. The first-order valence-corrected chi connectivity index (χ1v) is 6.82. The number of benzene rings is 1. The average molecular weight is 271 g/mol. The Morgan fingerprint density at radius 1 is 1.39 bits per heavy atom. The van der Waals surface area contributed by atoms with Gasteiger partial charge in [0.2, 0.25) is 15.9 Å². The van der Waals surface area contributed by atoms with Gasteiger partial charge >= 0.3 is 0 Å². The van der Waals surface area contributed by atoms with Crippen LogP contribution in [0.25, 0.3) is 0 Å². The summed E-state index contributed by atoms with van der Waals surface area (Å²) in [6.07, 6.45) is 0. The number of hydrogen-bond acceptors (Lipinski definition) is 4. The molecule has 18 heavy (non-hydrogen) atoms. The average Bonchev–Trinajstić information content (AvgIpc) is 2.38. The van der Waals surface area contributed by atoms with Crippen molar-refractivity contribution in [2.24, 2.45) is 5.73 Å². The molecule has 0 aliphatic rings. The van der Waals surface area contributed by atoms with Crippen LogP contribution < -0.4 is 11.1 Å². The Hall–Kier alpha value is -1.44. The molecule has 0 unspecified atom stereocenters. The van der Waals surface area contributed by atoms with Crippen molar-refractivity contribution in [2.75, 3.05) is 20.6 Å². The summed E-state index contributed by atoms with van der Waals surface area (Å²) in [5.41, 5.74) is 6.04. The largest absolute Gasteiger partial charge is 0.358 e. The second-order valence-corrected chi connectivity index (χ2v) is 5.76. The summed E-state index contributed by atoms with van der Waals surface area (Å²) in [6.45, 7) is -0.0963. The van der Waals surface area contributed by atoms with Gasteiger partial charge in [0.15, 0.2) is 0 Å². The van der Waals surface area contributed by atoms with Gasteiger partial charge in [-0.2, -0.15) is 4.31 Å². The Labute approximate surface area is 107 Å². The molecule has 0 spiro atoms. The smallest absolute Gasteiger partial charge is 0.243 e. The van der Waals surface area contributed by atoms with E-state index in [9.17, 15) is 13.2 Å². The van der Waals surface area contributed by atoms with Crippen molar-refractivity contribution < 1.29 is 13.2 Å². The number of amides is 1. The molecule has 6 nitrogen and oxygen atoms in total. The lowest BCUT2D eigenvalue weighted by atomic mass is 10.2. The van der Waals surface area contributed by atoms with E-state index < -0.39 is 10.0 Å². The summed E-state index contributed by atoms with van der Waals surface area (Å²) in [5.74, 6) is -0.369. The summed E-state index contributed by atoms with van der Waals surface area (Å²) < 4.78 is 25.5. The molecule has 0 radical (unpaired) electrons. The third-order valence-electron chi connectivity index (χ3n) is 2.53. The molecule has 100 valence electrons. The molecule has 7 heteroatoms. The molecule has 1 rings (SSSR count). The van der Waals surface area contributed by atoms with Gasteiger partial charge in [-0.15, -0.1) is 0 Å². The fourth-order valence-corrected chi connectivity index (χ4v) is 2.81. The van der Waals surface area contributed by atoms with Crippen LogP contribution in [-0.4, -0.2) is 39.3 Å². The van der Waals surface area contributed by atoms with Crippen molar-refractivity contribution in [3.05, 3.63) is 29.8 Å². The van der Waals surface area contributed by atoms with Crippen LogP contribution in [-0.2, 0) is 21.4 Å². The molecule has 0 bridgehead atoms. The topological polar surface area (TPSA) is 92.5 Å². The van der Waals surface area contributed by atoms with Crippen LogP contribution >= 0.6 is 0 Å². The SMILES string of the molecule is CNC(=O)CN(C)S(=O)(=O)c1ccccc1CN. The van der Waals surface area contributed by atoms with Crippen LogP contribution in [0.15, 0.2) is 29.2 Å². The van der Waals surface area contributed by atoms with Crippen LogP contribution in [0.4, 0.5) is 0 Å². The minimum absolute atomic E-state index is 0.128. The van der Waals surface area contributed by atoms with Gasteiger partial charge in [-0.1, -0.05) is 18.2 Å². The van der Waals surface area contributed by atoms with Gasteiger partial charge < -0.3 is 11.1 Å². The fraction of sp³-hybridized carbons (Fsp3) is 0.364. The Balaban J connectivity index is 3.09. The highest BCUT2D eigenvalue weighted by Crippen LogP contribution is 2.18. The predicted molar refractivity (Wildman–Crippen MR) is 68.2 cm³/mol. The lowest BCUT2D eigenvalue weighted by molar-refractivity contribution is -0.120. The van der Waals surface area contributed by atoms with Gasteiger partial charge in [0.1, 0.15) is 0 Å². The monoisotopic (exact) mass is 271 g/mol. The van der Waals surface area contributed by atoms with Crippen molar-refractivity contribution in [1.29, 1.82) is 0 Å². The molecule has 0 atom stereocenters. The quantitative estimate of drug-likeness (QED) is 0.756. The first kappa shape index (κ1) is 14.6. The molecule has 0 aliphatic heterocycles. The summed E-state index contributed by atoms with van der Waals surface area (Å²) >= 11 is 0. The Morgan fingerprint density at radius 3 is 2.56 bits per heavy atom. The molecule has 0 saturated carbocycles. The Morgan fingerprint density at radius 2 is 2.00 bits per heavy atom. The molecule has 0 aliphatic carbocycles. The zero-order valence-electron chi connectivity index (χ0n) is 10.4. The van der Waals surface area contributed by atoms with Gasteiger partial charge in [-0.05, 0) is 11.6 Å². The summed E-state index contributed by atoms with van der Waals surface area (Å²) in [6, 6.07) is 6.48. The number of nitrogens with two attached hydrogens (primary N) is 1. The van der Waals surface area contributed by atoms with E-state index in [1.54, 1.807) is 18.2 Å². The minimum atomic E-state index is -3.69. The molecule has 1 aromatic rings. The third-order valence-corrected chi connectivity index (χ3v) is 4.43. The molecule has 0 fully saturated rings. The Bertz CT molecular complexity index is 528. The van der Waals surface area contributed by atoms with Crippen LogP contribution in [0.2, 0.25) is 0 Å². The molecule has 0 saturated heterocycles. The molecule has 1 aromatic carbocycles. The van der Waals surface area contributed by atoms with Crippen LogP contribution in [0.3, 0.4) is 0 Å². The number of likely N-dealkylation sites (N-methyl/N-ethyl adjacent to an activating group) is 2. The number of carbonyl (C=O) groups excluding carboxylic acids is 1. The molecular weight excluding hydrogens is 254 g/mol. The maximum Gasteiger partial charge on any atom is 0.243 e. The van der Waals surface area contributed by atoms with Crippen molar-refractivity contribution in [2.45, 2.75) is 11.4 Å². The van der Waals surface area contributed by atoms with E-state index in [1.165, 1.54) is 20.2 Å². The Kier molecular flexibility index (Phi) is 4.83. The van der Waals surface area contributed by atoms with Crippen molar-refractivity contribution >= 4 is 15.9 Å². The number of nitrogens with zero attached hydrogens (tertiary/aromatic N) is 1. The highest BCUT2D eigenvalue weighted by Gasteiger charge is 2.24. The van der Waals surface area contributed by atoms with E-state index >= 15 is 0 Å². The van der Waals surface area contributed by atoms with Crippen molar-refractivity contribution in [3.63, 3.8) is 0 Å². The lowest BCUT2D eigenvalue weighted by Gasteiger charge is -2.18. The number of carbonyl (C=O) groups is 1. The van der Waals surface area contributed by atoms with Gasteiger partial charge in [0.05, 0.1) is 11.4 Å². The van der Waals surface area contributed by atoms with Crippen LogP contribution in [0.1, 0.15) is 5.56 Å². The first-order valence-electron chi connectivity index (χ1n) is 5.38. The van der Waals surface area contributed by atoms with Gasteiger partial charge in [-0.25, -0.2) is 8.42 Å². The lowest BCUT2D eigenvalue weighted by Crippen LogP contribution is -2.37. The highest BCUT2D eigenvalue weighted by atomic mass is 32.2. The minimum Gasteiger partial charge on any atom is -0.358 e. The molecule has 1 amide bonds. The number of sulfonamides is 1. The van der Waals surface area contributed by atoms with E-state index in [0.29, 0.717) is 5.56 Å². The zero-order valence-corrected chi connectivity index (χ0v) is 11.2. The van der Waals surface area contributed by atoms with E-state index in [0.717, 1.165) is 4.31 Å². The van der Waals surface area contributed by atoms with Gasteiger partial charge in [0.25, 0.3) is 0 Å². The second-order valence-electron chi connectivity index (χ2n) is 3.75. The molecular formula is C11H17N3O3S. The van der Waals surface area contributed by atoms with Gasteiger partial charge in [0, 0.05) is 20.6 Å². The van der Waals surface area contributed by atoms with Crippen molar-refractivity contribution in [1.82, 2.24) is 9.62 Å². The van der Waals surface area contributed by atoms with E-state index in [1.807, 2.05) is 0 Å².